The third-order valence-corrected chi connectivity index (χ3v) is 4.62. The first-order valence-corrected chi connectivity index (χ1v) is 8.97. The molecule has 0 aromatic heterocycles. The fraction of sp³-hybridized carbons (Fsp3) is 0.412. The molecule has 124 valence electrons. The Hall–Kier alpha value is -1.30. The van der Waals surface area contributed by atoms with Gasteiger partial charge in [0, 0.05) is 5.02 Å². The van der Waals surface area contributed by atoms with Crippen LogP contribution >= 0.6 is 23.4 Å². The molecule has 0 N–H and O–H groups in total. The number of thioether (sulfide) groups is 1. The van der Waals surface area contributed by atoms with Crippen LogP contribution < -0.4 is 0 Å². The van der Waals surface area contributed by atoms with Gasteiger partial charge in [-0.15, -0.1) is 0 Å². The smallest absolute Gasteiger partial charge is 0.286 e. The lowest BCUT2D eigenvalue weighted by Gasteiger charge is -2.25. The first-order chi connectivity index (χ1) is 11.0. The number of halogens is 1. The van der Waals surface area contributed by atoms with E-state index in [2.05, 4.69) is 18.7 Å². The summed E-state index contributed by atoms with van der Waals surface area (Å²) in [6, 6.07) is 7.19. The van der Waals surface area contributed by atoms with Gasteiger partial charge in [0.1, 0.15) is 0 Å². The van der Waals surface area contributed by atoms with E-state index in [1.54, 1.807) is 18.2 Å². The zero-order valence-corrected chi connectivity index (χ0v) is 15.0. The van der Waals surface area contributed by atoms with E-state index in [0.29, 0.717) is 16.6 Å². The zero-order valence-electron chi connectivity index (χ0n) is 13.4. The predicted molar refractivity (Wildman–Crippen MR) is 96.3 cm³/mol. The van der Waals surface area contributed by atoms with Crippen molar-refractivity contribution in [2.45, 2.75) is 26.7 Å². The quantitative estimate of drug-likeness (QED) is 0.679. The highest BCUT2D eigenvalue weighted by atomic mass is 35.5. The maximum Gasteiger partial charge on any atom is 0.294 e. The van der Waals surface area contributed by atoms with Crippen molar-refractivity contribution in [3.8, 4) is 0 Å². The van der Waals surface area contributed by atoms with E-state index in [1.807, 2.05) is 12.1 Å². The van der Waals surface area contributed by atoms with Gasteiger partial charge < -0.3 is 0 Å². The summed E-state index contributed by atoms with van der Waals surface area (Å²) in [5, 5.41) is 0.442. The fourth-order valence-corrected chi connectivity index (χ4v) is 3.38. The van der Waals surface area contributed by atoms with Crippen LogP contribution in [0.1, 0.15) is 32.3 Å². The molecule has 0 radical (unpaired) electrons. The Kier molecular flexibility index (Phi) is 6.69. The summed E-state index contributed by atoms with van der Waals surface area (Å²) >= 11 is 6.86. The molecule has 0 atom stereocenters. The Morgan fingerprint density at radius 1 is 1.13 bits per heavy atom. The highest BCUT2D eigenvalue weighted by molar-refractivity contribution is 8.18. The molecule has 1 aromatic carbocycles. The summed E-state index contributed by atoms with van der Waals surface area (Å²) < 4.78 is 0. The molecule has 1 aliphatic rings. The van der Waals surface area contributed by atoms with Gasteiger partial charge in [-0.3, -0.25) is 19.4 Å². The van der Waals surface area contributed by atoms with Crippen LogP contribution in [0.25, 0.3) is 6.08 Å². The van der Waals surface area contributed by atoms with Gasteiger partial charge in [-0.25, -0.2) is 0 Å². The molecule has 0 bridgehead atoms. The van der Waals surface area contributed by atoms with Crippen LogP contribution in [0.15, 0.2) is 29.2 Å². The van der Waals surface area contributed by atoms with Crippen LogP contribution in [-0.4, -0.2) is 40.7 Å². The third-order valence-electron chi connectivity index (χ3n) is 3.46. The summed E-state index contributed by atoms with van der Waals surface area (Å²) in [6.45, 7) is 6.32. The van der Waals surface area contributed by atoms with E-state index in [1.165, 1.54) is 4.90 Å². The van der Waals surface area contributed by atoms with Crippen LogP contribution in [0.4, 0.5) is 4.79 Å². The van der Waals surface area contributed by atoms with Crippen LogP contribution in [0.3, 0.4) is 0 Å². The van der Waals surface area contributed by atoms with Crippen molar-refractivity contribution in [3.05, 3.63) is 39.8 Å². The first kappa shape index (κ1) is 18.0. The topological polar surface area (TPSA) is 40.6 Å². The number of carbonyl (C=O) groups is 2. The lowest BCUT2D eigenvalue weighted by molar-refractivity contribution is -0.124. The molecular formula is C17H21ClN2O2S. The minimum absolute atomic E-state index is 0.201. The van der Waals surface area contributed by atoms with Crippen LogP contribution in [0.5, 0.6) is 0 Å². The highest BCUT2D eigenvalue weighted by Gasteiger charge is 2.35. The molecule has 6 heteroatoms. The number of hydrogen-bond acceptors (Lipinski definition) is 4. The first-order valence-electron chi connectivity index (χ1n) is 7.78. The number of imide groups is 1. The Labute approximate surface area is 146 Å². The maximum atomic E-state index is 12.5. The second kappa shape index (κ2) is 8.52. The lowest BCUT2D eigenvalue weighted by atomic mass is 10.2. The van der Waals surface area contributed by atoms with E-state index in [4.69, 9.17) is 11.6 Å². The molecule has 2 amide bonds. The molecule has 1 saturated heterocycles. The molecule has 0 spiro atoms. The van der Waals surface area contributed by atoms with Gasteiger partial charge in [0.2, 0.25) is 0 Å². The molecule has 1 heterocycles. The lowest BCUT2D eigenvalue weighted by Crippen LogP contribution is -2.41. The van der Waals surface area contributed by atoms with Crippen LogP contribution in [0, 0.1) is 0 Å². The van der Waals surface area contributed by atoms with Crippen molar-refractivity contribution < 1.29 is 9.59 Å². The van der Waals surface area contributed by atoms with Crippen LogP contribution in [-0.2, 0) is 4.79 Å². The molecule has 4 nitrogen and oxygen atoms in total. The monoisotopic (exact) mass is 352 g/mol. The summed E-state index contributed by atoms with van der Waals surface area (Å²) in [5.41, 5.74) is 0.860. The Balaban J connectivity index is 2.11. The number of nitrogens with zero attached hydrogens (tertiary/aromatic N) is 2. The molecule has 0 aliphatic carbocycles. The Morgan fingerprint density at radius 3 is 2.30 bits per heavy atom. The van der Waals surface area contributed by atoms with E-state index in [-0.39, 0.29) is 11.1 Å². The fourth-order valence-electron chi connectivity index (χ4n) is 2.42. The summed E-state index contributed by atoms with van der Waals surface area (Å²) in [4.78, 5) is 28.6. The van der Waals surface area contributed by atoms with E-state index in [9.17, 15) is 9.59 Å². The maximum absolute atomic E-state index is 12.5. The zero-order chi connectivity index (χ0) is 16.8. The van der Waals surface area contributed by atoms with Crippen molar-refractivity contribution in [1.82, 2.24) is 9.80 Å². The van der Waals surface area contributed by atoms with Crippen molar-refractivity contribution in [2.75, 3.05) is 19.8 Å². The number of carbonyl (C=O) groups excluding carboxylic acids is 2. The van der Waals surface area contributed by atoms with E-state index in [0.717, 1.165) is 43.3 Å². The molecular weight excluding hydrogens is 332 g/mol. The normalized spacial score (nSPS) is 16.9. The number of benzene rings is 1. The second-order valence-corrected chi connectivity index (χ2v) is 6.85. The van der Waals surface area contributed by atoms with Crippen LogP contribution in [0.2, 0.25) is 5.02 Å². The van der Waals surface area contributed by atoms with E-state index < -0.39 is 0 Å². The minimum Gasteiger partial charge on any atom is -0.286 e. The number of amides is 2. The van der Waals surface area contributed by atoms with Crippen molar-refractivity contribution in [2.24, 2.45) is 0 Å². The molecule has 1 fully saturated rings. The SMILES string of the molecule is CCCN(CCC)CN1C(=O)S/C(=C/c2ccc(Cl)cc2)C1=O. The van der Waals surface area contributed by atoms with Gasteiger partial charge >= 0.3 is 0 Å². The average Bonchev–Trinajstić information content (AvgIpc) is 2.78. The summed E-state index contributed by atoms with van der Waals surface area (Å²) in [7, 11) is 0. The van der Waals surface area contributed by atoms with Gasteiger partial charge in [-0.05, 0) is 61.5 Å². The van der Waals surface area contributed by atoms with Gasteiger partial charge in [0.05, 0.1) is 11.6 Å². The van der Waals surface area contributed by atoms with Crippen molar-refractivity contribution in [3.63, 3.8) is 0 Å². The molecule has 1 aliphatic heterocycles. The number of hydrogen-bond donors (Lipinski definition) is 0. The Bertz CT molecular complexity index is 595. The summed E-state index contributed by atoms with van der Waals surface area (Å²) in [5.74, 6) is -0.216. The van der Waals surface area contributed by atoms with Crippen molar-refractivity contribution >= 4 is 40.6 Å². The molecule has 2 rings (SSSR count). The summed E-state index contributed by atoms with van der Waals surface area (Å²) in [6.07, 6.45) is 3.74. The predicted octanol–water partition coefficient (Wildman–Crippen LogP) is 4.46. The van der Waals surface area contributed by atoms with E-state index >= 15 is 0 Å². The molecule has 23 heavy (non-hydrogen) atoms. The van der Waals surface area contributed by atoms with Gasteiger partial charge in [-0.2, -0.15) is 0 Å². The minimum atomic E-state index is -0.216. The van der Waals surface area contributed by atoms with Gasteiger partial charge in [0.25, 0.3) is 11.1 Å². The van der Waals surface area contributed by atoms with Gasteiger partial charge in [-0.1, -0.05) is 37.6 Å². The molecule has 0 unspecified atom stereocenters. The average molecular weight is 353 g/mol. The molecule has 1 aromatic rings. The molecule has 0 saturated carbocycles. The highest BCUT2D eigenvalue weighted by Crippen LogP contribution is 2.32. The third kappa shape index (κ3) is 4.83. The second-order valence-electron chi connectivity index (χ2n) is 5.42. The van der Waals surface area contributed by atoms with Crippen molar-refractivity contribution in [1.29, 1.82) is 0 Å². The largest absolute Gasteiger partial charge is 0.294 e. The number of rotatable bonds is 7. The Morgan fingerprint density at radius 2 is 1.74 bits per heavy atom. The van der Waals surface area contributed by atoms with Gasteiger partial charge in [0.15, 0.2) is 0 Å². The standard InChI is InChI=1S/C17H21ClN2O2S/c1-3-9-19(10-4-2)12-20-16(21)15(23-17(20)22)11-13-5-7-14(18)8-6-13/h5-8,11H,3-4,9-10,12H2,1-2H3/b15-11+.